The summed E-state index contributed by atoms with van der Waals surface area (Å²) >= 11 is 6.89. The van der Waals surface area contributed by atoms with Gasteiger partial charge in [0.1, 0.15) is 5.82 Å². The van der Waals surface area contributed by atoms with Gasteiger partial charge in [-0.25, -0.2) is 4.98 Å². The van der Waals surface area contributed by atoms with Crippen LogP contribution in [0.4, 0.5) is 0 Å². The van der Waals surface area contributed by atoms with Crippen LogP contribution in [0.2, 0.25) is 0 Å². The van der Waals surface area contributed by atoms with Crippen molar-refractivity contribution in [2.24, 2.45) is 0 Å². The summed E-state index contributed by atoms with van der Waals surface area (Å²) in [5.74, 6) is 0.659. The number of nitrogens with one attached hydrogen (secondary N) is 1. The number of hydrogen-bond acceptors (Lipinski definition) is 3. The zero-order chi connectivity index (χ0) is 17.3. The number of aryl methyl sites for hydroxylation is 1. The van der Waals surface area contributed by atoms with Crippen molar-refractivity contribution in [3.63, 3.8) is 0 Å². The Morgan fingerprint density at radius 2 is 1.92 bits per heavy atom. The Morgan fingerprint density at radius 3 is 2.67 bits per heavy atom. The second kappa shape index (κ2) is 7.17. The van der Waals surface area contributed by atoms with Crippen molar-refractivity contribution < 1.29 is 0 Å². The van der Waals surface area contributed by atoms with E-state index in [9.17, 15) is 4.79 Å². The molecular weight excluding hydrogens is 434 g/mol. The fourth-order valence-electron chi connectivity index (χ4n) is 2.68. The van der Waals surface area contributed by atoms with Crippen molar-refractivity contribution >= 4 is 42.8 Å². The molecule has 4 nitrogen and oxygen atoms in total. The fourth-order valence-corrected chi connectivity index (χ4v) is 3.99. The Hall–Kier alpha value is -1.50. The number of aromatic amines is 1. The van der Waals surface area contributed by atoms with Crippen molar-refractivity contribution in [3.8, 4) is 0 Å². The summed E-state index contributed by atoms with van der Waals surface area (Å²) in [4.78, 5) is 22.0. The van der Waals surface area contributed by atoms with Gasteiger partial charge in [0.05, 0.1) is 17.4 Å². The van der Waals surface area contributed by atoms with Gasteiger partial charge in [0.25, 0.3) is 5.56 Å². The summed E-state index contributed by atoms with van der Waals surface area (Å²) in [6.07, 6.45) is 0. The zero-order valence-corrected chi connectivity index (χ0v) is 16.6. The Balaban J connectivity index is 1.88. The third kappa shape index (κ3) is 3.77. The first kappa shape index (κ1) is 17.3. The van der Waals surface area contributed by atoms with E-state index in [2.05, 4.69) is 65.8 Å². The second-order valence-corrected chi connectivity index (χ2v) is 7.67. The number of H-pyrrole nitrogens is 1. The van der Waals surface area contributed by atoms with Crippen molar-refractivity contribution in [1.29, 1.82) is 0 Å². The van der Waals surface area contributed by atoms with Crippen LogP contribution in [-0.2, 0) is 13.1 Å². The number of aromatic nitrogens is 2. The molecular formula is C18H17Br2N3O. The molecule has 0 bridgehead atoms. The van der Waals surface area contributed by atoms with E-state index in [1.54, 1.807) is 6.07 Å². The first-order valence-corrected chi connectivity index (χ1v) is 9.13. The lowest BCUT2D eigenvalue weighted by Gasteiger charge is -2.17. The average molecular weight is 451 g/mol. The summed E-state index contributed by atoms with van der Waals surface area (Å²) < 4.78 is 1.65. The lowest BCUT2D eigenvalue weighted by molar-refractivity contribution is 0.310. The maximum absolute atomic E-state index is 12.3. The first-order valence-electron chi connectivity index (χ1n) is 7.55. The van der Waals surface area contributed by atoms with Crippen LogP contribution in [-0.4, -0.2) is 21.9 Å². The van der Waals surface area contributed by atoms with Crippen LogP contribution in [0.3, 0.4) is 0 Å². The molecule has 1 aromatic heterocycles. The van der Waals surface area contributed by atoms with E-state index in [1.807, 2.05) is 25.2 Å². The molecule has 0 unspecified atom stereocenters. The van der Waals surface area contributed by atoms with E-state index in [-0.39, 0.29) is 5.56 Å². The quantitative estimate of drug-likeness (QED) is 0.641. The second-order valence-electron chi connectivity index (χ2n) is 5.90. The smallest absolute Gasteiger partial charge is 0.258 e. The molecule has 3 rings (SSSR count). The highest BCUT2D eigenvalue weighted by Gasteiger charge is 2.11. The van der Waals surface area contributed by atoms with Crippen LogP contribution in [0.5, 0.6) is 0 Å². The molecule has 0 aliphatic carbocycles. The Labute approximate surface area is 157 Å². The lowest BCUT2D eigenvalue weighted by Crippen LogP contribution is -2.22. The highest BCUT2D eigenvalue weighted by Crippen LogP contribution is 2.25. The van der Waals surface area contributed by atoms with Gasteiger partial charge in [0, 0.05) is 15.5 Å². The molecule has 0 fully saturated rings. The zero-order valence-electron chi connectivity index (χ0n) is 13.4. The summed E-state index contributed by atoms with van der Waals surface area (Å²) in [7, 11) is 2.02. The van der Waals surface area contributed by atoms with Gasteiger partial charge in [-0.15, -0.1) is 0 Å². The molecule has 0 saturated carbocycles. The maximum atomic E-state index is 12.3. The van der Waals surface area contributed by atoms with Crippen LogP contribution in [0, 0.1) is 6.92 Å². The van der Waals surface area contributed by atoms with E-state index < -0.39 is 0 Å². The lowest BCUT2D eigenvalue weighted by atomic mass is 10.1. The SMILES string of the molecule is Cc1ccccc1CN(C)Cc1nc2c(Br)cc(Br)cc2c(=O)[nH]1. The predicted molar refractivity (Wildman–Crippen MR) is 104 cm³/mol. The maximum Gasteiger partial charge on any atom is 0.258 e. The number of fused-ring (bicyclic) bond motifs is 1. The van der Waals surface area contributed by atoms with E-state index in [1.165, 1.54) is 11.1 Å². The van der Waals surface area contributed by atoms with Gasteiger partial charge in [0.15, 0.2) is 0 Å². The number of hydrogen-bond donors (Lipinski definition) is 1. The summed E-state index contributed by atoms with van der Waals surface area (Å²) in [5, 5.41) is 0.571. The van der Waals surface area contributed by atoms with Gasteiger partial charge in [-0.2, -0.15) is 0 Å². The van der Waals surface area contributed by atoms with E-state index in [4.69, 9.17) is 0 Å². The normalized spacial score (nSPS) is 11.4. The first-order chi connectivity index (χ1) is 11.4. The van der Waals surface area contributed by atoms with Crippen molar-refractivity contribution in [3.05, 3.63) is 72.6 Å². The molecule has 6 heteroatoms. The van der Waals surface area contributed by atoms with E-state index >= 15 is 0 Å². The Bertz CT molecular complexity index is 953. The monoisotopic (exact) mass is 449 g/mol. The highest BCUT2D eigenvalue weighted by atomic mass is 79.9. The van der Waals surface area contributed by atoms with Gasteiger partial charge in [0.2, 0.25) is 0 Å². The molecule has 3 aromatic rings. The molecule has 0 aliphatic heterocycles. The van der Waals surface area contributed by atoms with Crippen LogP contribution >= 0.6 is 31.9 Å². The molecule has 0 spiro atoms. The molecule has 2 aromatic carbocycles. The standard InChI is InChI=1S/C18H17Br2N3O/c1-11-5-3-4-6-12(11)9-23(2)10-16-21-17-14(18(24)22-16)7-13(19)8-15(17)20/h3-8H,9-10H2,1-2H3,(H,21,22,24). The number of halogens is 2. The predicted octanol–water partition coefficient (Wildman–Crippen LogP) is 4.39. The number of benzene rings is 2. The van der Waals surface area contributed by atoms with Gasteiger partial charge < -0.3 is 4.98 Å². The molecule has 124 valence electrons. The molecule has 0 amide bonds. The fraction of sp³-hybridized carbons (Fsp3) is 0.222. The molecule has 0 radical (unpaired) electrons. The summed E-state index contributed by atoms with van der Waals surface area (Å²) in [5.41, 5.74) is 3.09. The van der Waals surface area contributed by atoms with Gasteiger partial charge in [-0.05, 0) is 53.2 Å². The minimum atomic E-state index is -0.124. The average Bonchev–Trinajstić information content (AvgIpc) is 2.51. The van der Waals surface area contributed by atoms with Crippen molar-refractivity contribution in [2.75, 3.05) is 7.05 Å². The molecule has 1 heterocycles. The van der Waals surface area contributed by atoms with Gasteiger partial charge in [-0.3, -0.25) is 9.69 Å². The summed E-state index contributed by atoms with van der Waals surface area (Å²) in [6, 6.07) is 12.0. The van der Waals surface area contributed by atoms with Crippen molar-refractivity contribution in [2.45, 2.75) is 20.0 Å². The minimum absolute atomic E-state index is 0.124. The van der Waals surface area contributed by atoms with Crippen LogP contribution in [0.15, 0.2) is 50.1 Å². The molecule has 24 heavy (non-hydrogen) atoms. The Morgan fingerprint density at radius 1 is 1.17 bits per heavy atom. The third-order valence-electron chi connectivity index (χ3n) is 3.90. The van der Waals surface area contributed by atoms with Crippen LogP contribution in [0.1, 0.15) is 17.0 Å². The Kier molecular flexibility index (Phi) is 5.18. The molecule has 1 N–H and O–H groups in total. The largest absolute Gasteiger partial charge is 0.309 e. The topological polar surface area (TPSA) is 49.0 Å². The molecule has 0 atom stereocenters. The highest BCUT2D eigenvalue weighted by molar-refractivity contribution is 9.11. The number of nitrogens with zero attached hydrogens (tertiary/aromatic N) is 2. The summed E-state index contributed by atoms with van der Waals surface area (Å²) in [6.45, 7) is 3.48. The molecule has 0 saturated heterocycles. The van der Waals surface area contributed by atoms with Gasteiger partial charge in [-0.1, -0.05) is 40.2 Å². The third-order valence-corrected chi connectivity index (χ3v) is 4.96. The van der Waals surface area contributed by atoms with Crippen LogP contribution < -0.4 is 5.56 Å². The van der Waals surface area contributed by atoms with E-state index in [0.717, 1.165) is 15.5 Å². The van der Waals surface area contributed by atoms with Gasteiger partial charge >= 0.3 is 0 Å². The van der Waals surface area contributed by atoms with E-state index in [0.29, 0.717) is 23.3 Å². The van der Waals surface area contributed by atoms with Crippen LogP contribution in [0.25, 0.3) is 10.9 Å². The number of rotatable bonds is 4. The minimum Gasteiger partial charge on any atom is -0.309 e. The molecule has 0 aliphatic rings. The van der Waals surface area contributed by atoms with Crippen molar-refractivity contribution in [1.82, 2.24) is 14.9 Å².